The number of hydrogen-bond acceptors (Lipinski definition) is 6. The molecule has 8 heteroatoms. The Hall–Kier alpha value is -4.20. The molecule has 1 amide bonds. The predicted molar refractivity (Wildman–Crippen MR) is 126 cm³/mol. The molecule has 0 fully saturated rings. The van der Waals surface area contributed by atoms with Gasteiger partial charge in [0.15, 0.2) is 0 Å². The number of aromatic amines is 1. The van der Waals surface area contributed by atoms with Crippen molar-refractivity contribution in [3.8, 4) is 28.5 Å². The molecule has 2 aliphatic rings. The number of carbonyl (C=O) groups is 1. The Balaban J connectivity index is 1.22. The summed E-state index contributed by atoms with van der Waals surface area (Å²) in [5.74, 6) is 3.87. The highest BCUT2D eigenvalue weighted by Crippen LogP contribution is 2.37. The molecule has 5 heterocycles. The minimum absolute atomic E-state index is 0.0192. The molecule has 1 unspecified atom stereocenters. The number of anilines is 1. The van der Waals surface area contributed by atoms with Crippen LogP contribution in [0.4, 0.5) is 5.82 Å². The lowest BCUT2D eigenvalue weighted by Gasteiger charge is -2.25. The topological polar surface area (TPSA) is 102 Å². The fraction of sp³-hybridized carbons (Fsp3) is 0.231. The van der Waals surface area contributed by atoms with Crippen LogP contribution in [0, 0.1) is 6.92 Å². The number of fused-ring (bicyclic) bond motifs is 2. The van der Waals surface area contributed by atoms with Gasteiger partial charge >= 0.3 is 0 Å². The van der Waals surface area contributed by atoms with E-state index in [1.54, 1.807) is 12.4 Å². The molecule has 0 saturated carbocycles. The van der Waals surface area contributed by atoms with Crippen molar-refractivity contribution in [2.75, 3.05) is 11.9 Å². The highest BCUT2D eigenvalue weighted by Gasteiger charge is 2.25. The van der Waals surface area contributed by atoms with Gasteiger partial charge in [-0.25, -0.2) is 9.97 Å². The summed E-state index contributed by atoms with van der Waals surface area (Å²) in [4.78, 5) is 28.3. The summed E-state index contributed by atoms with van der Waals surface area (Å²) < 4.78 is 12.3. The largest absolute Gasteiger partial charge is 0.493 e. The van der Waals surface area contributed by atoms with Gasteiger partial charge in [0.05, 0.1) is 24.4 Å². The molecule has 0 bridgehead atoms. The summed E-state index contributed by atoms with van der Waals surface area (Å²) in [7, 11) is 0. The highest BCUT2D eigenvalue weighted by atomic mass is 16.5. The number of imidazole rings is 1. The smallest absolute Gasteiger partial charge is 0.225 e. The Kier molecular flexibility index (Phi) is 4.98. The van der Waals surface area contributed by atoms with Gasteiger partial charge in [0.2, 0.25) is 5.91 Å². The summed E-state index contributed by atoms with van der Waals surface area (Å²) >= 11 is 0. The average molecular weight is 454 g/mol. The Labute approximate surface area is 196 Å². The van der Waals surface area contributed by atoms with Gasteiger partial charge in [-0.05, 0) is 61.7 Å². The molecular weight excluding hydrogens is 430 g/mol. The molecule has 4 aromatic rings. The van der Waals surface area contributed by atoms with Crippen LogP contribution in [-0.4, -0.2) is 32.4 Å². The van der Waals surface area contributed by atoms with Crippen LogP contribution in [0.3, 0.4) is 0 Å². The molecule has 34 heavy (non-hydrogen) atoms. The van der Waals surface area contributed by atoms with Crippen molar-refractivity contribution in [3.63, 3.8) is 0 Å². The van der Waals surface area contributed by atoms with E-state index < -0.39 is 0 Å². The van der Waals surface area contributed by atoms with Gasteiger partial charge in [0, 0.05) is 35.6 Å². The normalized spacial score (nSPS) is 16.7. The Morgan fingerprint density at radius 3 is 2.88 bits per heavy atom. The predicted octanol–water partition coefficient (Wildman–Crippen LogP) is 4.57. The van der Waals surface area contributed by atoms with Crippen molar-refractivity contribution in [1.82, 2.24) is 19.9 Å². The molecule has 0 spiro atoms. The minimum atomic E-state index is -0.0192. The zero-order chi connectivity index (χ0) is 23.1. The Morgan fingerprint density at radius 1 is 1.06 bits per heavy atom. The van der Waals surface area contributed by atoms with E-state index in [0.29, 0.717) is 31.0 Å². The Bertz CT molecular complexity index is 1400. The molecule has 1 atom stereocenters. The first-order valence-electron chi connectivity index (χ1n) is 11.3. The number of pyridine rings is 2. The van der Waals surface area contributed by atoms with Crippen molar-refractivity contribution >= 4 is 11.7 Å². The monoisotopic (exact) mass is 453 g/mol. The number of aryl methyl sites for hydroxylation is 1. The third-order valence-electron chi connectivity index (χ3n) is 6.23. The second kappa shape index (κ2) is 8.30. The number of amides is 1. The molecule has 1 aromatic carbocycles. The van der Waals surface area contributed by atoms with E-state index in [0.717, 1.165) is 51.8 Å². The maximum absolute atomic E-state index is 11.7. The molecule has 170 valence electrons. The molecule has 6 rings (SSSR count). The van der Waals surface area contributed by atoms with Gasteiger partial charge < -0.3 is 19.8 Å². The van der Waals surface area contributed by atoms with Crippen LogP contribution < -0.4 is 14.8 Å². The summed E-state index contributed by atoms with van der Waals surface area (Å²) in [6, 6.07) is 11.7. The van der Waals surface area contributed by atoms with Crippen molar-refractivity contribution in [3.05, 3.63) is 77.6 Å². The number of nitrogens with one attached hydrogen (secondary N) is 2. The number of ether oxygens (including phenoxy) is 2. The SMILES string of the molecule is Cc1cc(-c2cnc(C3COc4ccc(Oc5ccnc6c5CCC(=O)N6)cc4C3)[nH]2)ccn1. The summed E-state index contributed by atoms with van der Waals surface area (Å²) in [5, 5.41) is 2.81. The van der Waals surface area contributed by atoms with E-state index in [9.17, 15) is 4.79 Å². The highest BCUT2D eigenvalue weighted by molar-refractivity contribution is 5.93. The number of carbonyl (C=O) groups excluding carboxylic acids is 1. The van der Waals surface area contributed by atoms with Crippen LogP contribution in [0.2, 0.25) is 0 Å². The number of hydrogen-bond donors (Lipinski definition) is 2. The first-order valence-corrected chi connectivity index (χ1v) is 11.3. The molecule has 0 aliphatic carbocycles. The molecule has 0 radical (unpaired) electrons. The van der Waals surface area contributed by atoms with Crippen molar-refractivity contribution in [1.29, 1.82) is 0 Å². The van der Waals surface area contributed by atoms with Gasteiger partial charge in [-0.2, -0.15) is 0 Å². The fourth-order valence-corrected chi connectivity index (χ4v) is 4.49. The molecule has 2 N–H and O–H groups in total. The van der Waals surface area contributed by atoms with E-state index in [1.165, 1.54) is 0 Å². The van der Waals surface area contributed by atoms with E-state index in [-0.39, 0.29) is 11.8 Å². The summed E-state index contributed by atoms with van der Waals surface area (Å²) in [6.45, 7) is 2.54. The molecule has 2 aliphatic heterocycles. The standard InChI is InChI=1S/C26H23N5O3/c1-15-10-16(6-8-27-15)21-13-29-25(30-21)18-11-17-12-19(2-4-22(17)33-14-18)34-23-7-9-28-26-20(23)3-5-24(32)31-26/h2,4,6-10,12-13,18H,3,5,11,14H2,1H3,(H,29,30)(H,28,31,32). The van der Waals surface area contributed by atoms with Gasteiger partial charge in [-0.3, -0.25) is 9.78 Å². The van der Waals surface area contributed by atoms with Crippen LogP contribution in [-0.2, 0) is 17.6 Å². The number of benzene rings is 1. The maximum atomic E-state index is 11.7. The van der Waals surface area contributed by atoms with Gasteiger partial charge in [0.25, 0.3) is 0 Å². The number of H-pyrrole nitrogens is 1. The van der Waals surface area contributed by atoms with Crippen molar-refractivity contribution in [2.45, 2.75) is 32.1 Å². The summed E-state index contributed by atoms with van der Waals surface area (Å²) in [5.41, 5.74) is 4.99. The maximum Gasteiger partial charge on any atom is 0.225 e. The molecule has 8 nitrogen and oxygen atoms in total. The lowest BCUT2D eigenvalue weighted by atomic mass is 9.96. The van der Waals surface area contributed by atoms with Crippen LogP contribution in [0.5, 0.6) is 17.2 Å². The first-order chi connectivity index (χ1) is 16.6. The van der Waals surface area contributed by atoms with E-state index in [4.69, 9.17) is 9.47 Å². The lowest BCUT2D eigenvalue weighted by molar-refractivity contribution is -0.116. The number of aromatic nitrogens is 4. The first kappa shape index (κ1) is 20.4. The van der Waals surface area contributed by atoms with Gasteiger partial charge in [-0.1, -0.05) is 0 Å². The third-order valence-corrected chi connectivity index (χ3v) is 6.23. The third kappa shape index (κ3) is 3.87. The van der Waals surface area contributed by atoms with Crippen LogP contribution in [0.15, 0.2) is 55.0 Å². The number of rotatable bonds is 4. The molecule has 3 aromatic heterocycles. The zero-order valence-electron chi connectivity index (χ0n) is 18.7. The van der Waals surface area contributed by atoms with E-state index in [2.05, 4.69) is 25.3 Å². The van der Waals surface area contributed by atoms with Crippen molar-refractivity contribution in [2.24, 2.45) is 0 Å². The second-order valence-corrected chi connectivity index (χ2v) is 8.64. The van der Waals surface area contributed by atoms with Crippen LogP contribution >= 0.6 is 0 Å². The van der Waals surface area contributed by atoms with E-state index in [1.807, 2.05) is 49.5 Å². The van der Waals surface area contributed by atoms with E-state index >= 15 is 0 Å². The van der Waals surface area contributed by atoms with Gasteiger partial charge in [0.1, 0.15) is 28.9 Å². The average Bonchev–Trinajstić information content (AvgIpc) is 3.34. The second-order valence-electron chi connectivity index (χ2n) is 8.64. The van der Waals surface area contributed by atoms with Gasteiger partial charge in [-0.15, -0.1) is 0 Å². The lowest BCUT2D eigenvalue weighted by Crippen LogP contribution is -2.20. The molecular formula is C26H23N5O3. The van der Waals surface area contributed by atoms with Crippen LogP contribution in [0.1, 0.15) is 35.0 Å². The zero-order valence-corrected chi connectivity index (χ0v) is 18.7. The van der Waals surface area contributed by atoms with Crippen molar-refractivity contribution < 1.29 is 14.3 Å². The quantitative estimate of drug-likeness (QED) is 0.469. The fourth-order valence-electron chi connectivity index (χ4n) is 4.49. The molecule has 0 saturated heterocycles. The minimum Gasteiger partial charge on any atom is -0.493 e. The number of nitrogens with zero attached hydrogens (tertiary/aromatic N) is 3. The Morgan fingerprint density at radius 2 is 1.97 bits per heavy atom. The summed E-state index contributed by atoms with van der Waals surface area (Å²) in [6.07, 6.45) is 7.15. The van der Waals surface area contributed by atoms with Crippen LogP contribution in [0.25, 0.3) is 11.3 Å².